The van der Waals surface area contributed by atoms with Gasteiger partial charge in [0.15, 0.2) is 0 Å². The Kier molecular flexibility index (Phi) is 5.72. The molecule has 0 fully saturated rings. The highest BCUT2D eigenvalue weighted by atomic mass is 16.5. The van der Waals surface area contributed by atoms with E-state index in [4.69, 9.17) is 4.74 Å². The Morgan fingerprint density at radius 3 is 2.88 bits per heavy atom. The number of benzene rings is 1. The van der Waals surface area contributed by atoms with E-state index in [9.17, 15) is 4.79 Å². The van der Waals surface area contributed by atoms with Crippen LogP contribution in [0.3, 0.4) is 0 Å². The first kappa shape index (κ1) is 13.2. The number of carbonyl (C=O) groups is 1. The fourth-order valence-corrected chi connectivity index (χ4v) is 1.32. The first-order chi connectivity index (χ1) is 8.29. The topological polar surface area (TPSA) is 38.7 Å². The molecule has 0 aliphatic rings. The van der Waals surface area contributed by atoms with Crippen LogP contribution in [0.4, 0.5) is 5.69 Å². The van der Waals surface area contributed by atoms with Crippen molar-refractivity contribution in [3.8, 4) is 0 Å². The molecule has 0 bridgehead atoms. The Bertz CT molecular complexity index is 422. The van der Waals surface area contributed by atoms with Gasteiger partial charge in [-0.2, -0.15) is 0 Å². The number of ether oxygens (including phenoxy) is 1. The number of hydrogen-bond donors (Lipinski definition) is 0. The molecule has 0 amide bonds. The number of esters is 1. The van der Waals surface area contributed by atoms with Crippen LogP contribution in [0.5, 0.6) is 0 Å². The summed E-state index contributed by atoms with van der Waals surface area (Å²) in [6.45, 7) is 2.12. The second-order valence-electron chi connectivity index (χ2n) is 3.50. The van der Waals surface area contributed by atoms with Crippen molar-refractivity contribution < 1.29 is 9.53 Å². The van der Waals surface area contributed by atoms with E-state index in [1.165, 1.54) is 7.11 Å². The summed E-state index contributed by atoms with van der Waals surface area (Å²) in [5, 5.41) is 0. The SMILES string of the molecule is CCC/C=C/C=Nc1ccccc1C(=O)OC. The Labute approximate surface area is 102 Å². The number of aliphatic imine (C=N–C) groups is 1. The summed E-state index contributed by atoms with van der Waals surface area (Å²) >= 11 is 0. The fourth-order valence-electron chi connectivity index (χ4n) is 1.32. The molecule has 0 atom stereocenters. The van der Waals surface area contributed by atoms with Gasteiger partial charge in [-0.3, -0.25) is 4.99 Å². The second-order valence-corrected chi connectivity index (χ2v) is 3.50. The number of methoxy groups -OCH3 is 1. The number of unbranched alkanes of at least 4 members (excludes halogenated alkanes) is 1. The Hall–Kier alpha value is -1.90. The van der Waals surface area contributed by atoms with Crippen LogP contribution in [0.1, 0.15) is 30.1 Å². The van der Waals surface area contributed by atoms with E-state index in [-0.39, 0.29) is 5.97 Å². The molecule has 0 spiro atoms. The molecule has 0 heterocycles. The predicted molar refractivity (Wildman–Crippen MR) is 70.0 cm³/mol. The fraction of sp³-hybridized carbons (Fsp3) is 0.286. The van der Waals surface area contributed by atoms with Gasteiger partial charge in [-0.05, 0) is 24.6 Å². The number of rotatable bonds is 5. The van der Waals surface area contributed by atoms with Crippen molar-refractivity contribution in [3.63, 3.8) is 0 Å². The quantitative estimate of drug-likeness (QED) is 0.574. The van der Waals surface area contributed by atoms with Crippen molar-refractivity contribution >= 4 is 17.9 Å². The van der Waals surface area contributed by atoms with Crippen LogP contribution < -0.4 is 0 Å². The smallest absolute Gasteiger partial charge is 0.340 e. The number of nitrogens with zero attached hydrogens (tertiary/aromatic N) is 1. The third-order valence-corrected chi connectivity index (χ3v) is 2.20. The van der Waals surface area contributed by atoms with Gasteiger partial charge in [0, 0.05) is 6.21 Å². The minimum Gasteiger partial charge on any atom is -0.465 e. The highest BCUT2D eigenvalue weighted by Crippen LogP contribution is 2.18. The monoisotopic (exact) mass is 231 g/mol. The molecule has 1 aromatic carbocycles. The molecule has 0 aliphatic heterocycles. The van der Waals surface area contributed by atoms with Crippen molar-refractivity contribution in [1.29, 1.82) is 0 Å². The van der Waals surface area contributed by atoms with Crippen LogP contribution in [-0.2, 0) is 4.74 Å². The highest BCUT2D eigenvalue weighted by Gasteiger charge is 2.08. The lowest BCUT2D eigenvalue weighted by molar-refractivity contribution is 0.0602. The summed E-state index contributed by atoms with van der Waals surface area (Å²) in [7, 11) is 1.37. The van der Waals surface area contributed by atoms with Gasteiger partial charge in [0.1, 0.15) is 0 Å². The summed E-state index contributed by atoms with van der Waals surface area (Å²) in [5.41, 5.74) is 1.11. The maximum absolute atomic E-state index is 11.5. The molecule has 0 aliphatic carbocycles. The molecule has 3 nitrogen and oxygen atoms in total. The average molecular weight is 231 g/mol. The minimum atomic E-state index is -0.365. The van der Waals surface area contributed by atoms with E-state index in [0.29, 0.717) is 11.3 Å². The number of para-hydroxylation sites is 1. The molecular weight excluding hydrogens is 214 g/mol. The lowest BCUT2D eigenvalue weighted by Crippen LogP contribution is -2.00. The summed E-state index contributed by atoms with van der Waals surface area (Å²) in [5.74, 6) is -0.365. The van der Waals surface area contributed by atoms with Crippen LogP contribution in [0.2, 0.25) is 0 Å². The molecule has 90 valence electrons. The van der Waals surface area contributed by atoms with Crippen molar-refractivity contribution in [3.05, 3.63) is 42.0 Å². The van der Waals surface area contributed by atoms with Gasteiger partial charge in [0.05, 0.1) is 18.4 Å². The van der Waals surface area contributed by atoms with Gasteiger partial charge in [0.2, 0.25) is 0 Å². The molecule has 3 heteroatoms. The summed E-state index contributed by atoms with van der Waals surface area (Å²) in [6, 6.07) is 7.12. The molecule has 0 aromatic heterocycles. The standard InChI is InChI=1S/C14H17NO2/c1-3-4-5-8-11-15-13-10-7-6-9-12(13)14(16)17-2/h5-11H,3-4H2,1-2H3/b8-5+,15-11?. The molecule has 0 saturated carbocycles. The van der Waals surface area contributed by atoms with E-state index in [0.717, 1.165) is 12.8 Å². The Morgan fingerprint density at radius 2 is 2.18 bits per heavy atom. The van der Waals surface area contributed by atoms with E-state index < -0.39 is 0 Å². The Balaban J connectivity index is 2.80. The predicted octanol–water partition coefficient (Wildman–Crippen LogP) is 3.53. The lowest BCUT2D eigenvalue weighted by atomic mass is 10.2. The first-order valence-electron chi connectivity index (χ1n) is 5.66. The van der Waals surface area contributed by atoms with Crippen molar-refractivity contribution in [2.45, 2.75) is 19.8 Å². The summed E-state index contributed by atoms with van der Waals surface area (Å²) < 4.78 is 4.69. The molecule has 1 aromatic rings. The van der Waals surface area contributed by atoms with E-state index in [1.807, 2.05) is 18.2 Å². The number of carbonyl (C=O) groups excluding carboxylic acids is 1. The van der Waals surface area contributed by atoms with Crippen LogP contribution in [0.15, 0.2) is 41.4 Å². The van der Waals surface area contributed by atoms with Gasteiger partial charge in [0.25, 0.3) is 0 Å². The second kappa shape index (κ2) is 7.39. The Morgan fingerprint density at radius 1 is 1.41 bits per heavy atom. The van der Waals surface area contributed by atoms with Crippen molar-refractivity contribution in [2.24, 2.45) is 4.99 Å². The zero-order chi connectivity index (χ0) is 12.5. The maximum Gasteiger partial charge on any atom is 0.340 e. The molecule has 0 saturated heterocycles. The zero-order valence-electron chi connectivity index (χ0n) is 10.2. The molecule has 17 heavy (non-hydrogen) atoms. The molecule has 0 radical (unpaired) electrons. The summed E-state index contributed by atoms with van der Waals surface area (Å²) in [6.07, 6.45) is 7.77. The van der Waals surface area contributed by atoms with Gasteiger partial charge in [-0.15, -0.1) is 0 Å². The van der Waals surface area contributed by atoms with Crippen LogP contribution in [-0.4, -0.2) is 19.3 Å². The van der Waals surface area contributed by atoms with Crippen LogP contribution >= 0.6 is 0 Å². The van der Waals surface area contributed by atoms with Crippen molar-refractivity contribution in [2.75, 3.05) is 7.11 Å². The minimum absolute atomic E-state index is 0.365. The average Bonchev–Trinajstić information content (AvgIpc) is 2.38. The van der Waals surface area contributed by atoms with E-state index >= 15 is 0 Å². The lowest BCUT2D eigenvalue weighted by Gasteiger charge is -2.01. The van der Waals surface area contributed by atoms with Gasteiger partial charge >= 0.3 is 5.97 Å². The van der Waals surface area contributed by atoms with Gasteiger partial charge < -0.3 is 4.74 Å². The normalized spacial score (nSPS) is 11.2. The third-order valence-electron chi connectivity index (χ3n) is 2.20. The molecule has 0 N–H and O–H groups in total. The third kappa shape index (κ3) is 4.23. The first-order valence-corrected chi connectivity index (χ1v) is 5.66. The van der Waals surface area contributed by atoms with Gasteiger partial charge in [-0.25, -0.2) is 4.79 Å². The largest absolute Gasteiger partial charge is 0.465 e. The van der Waals surface area contributed by atoms with Crippen LogP contribution in [0, 0.1) is 0 Å². The van der Waals surface area contributed by atoms with Gasteiger partial charge in [-0.1, -0.05) is 31.6 Å². The van der Waals surface area contributed by atoms with E-state index in [2.05, 4.69) is 11.9 Å². The van der Waals surface area contributed by atoms with E-state index in [1.54, 1.807) is 24.4 Å². The van der Waals surface area contributed by atoms with Crippen LogP contribution in [0.25, 0.3) is 0 Å². The number of hydrogen-bond acceptors (Lipinski definition) is 3. The summed E-state index contributed by atoms with van der Waals surface area (Å²) in [4.78, 5) is 15.7. The molecule has 0 unspecified atom stereocenters. The number of allylic oxidation sites excluding steroid dienone is 2. The highest BCUT2D eigenvalue weighted by molar-refractivity contribution is 5.95. The maximum atomic E-state index is 11.5. The molecule has 1 rings (SSSR count). The van der Waals surface area contributed by atoms with Crippen molar-refractivity contribution in [1.82, 2.24) is 0 Å². The molecular formula is C14H17NO2. The zero-order valence-corrected chi connectivity index (χ0v) is 10.2.